The van der Waals surface area contributed by atoms with Crippen LogP contribution in [0.3, 0.4) is 0 Å². The molecule has 0 aromatic heterocycles. The van der Waals surface area contributed by atoms with E-state index in [1.54, 1.807) is 0 Å². The zero-order valence-electron chi connectivity index (χ0n) is 15.5. The maximum absolute atomic E-state index is 11.7. The van der Waals surface area contributed by atoms with Crippen molar-refractivity contribution in [1.82, 2.24) is 0 Å². The lowest BCUT2D eigenvalue weighted by molar-refractivity contribution is -0.132. The molecule has 0 unspecified atom stereocenters. The van der Waals surface area contributed by atoms with Crippen LogP contribution in [0.4, 0.5) is 0 Å². The van der Waals surface area contributed by atoms with E-state index in [0.717, 1.165) is 0 Å². The molecule has 0 heterocycles. The number of aliphatic carboxylic acids is 1. The number of rotatable bonds is 5. The van der Waals surface area contributed by atoms with Crippen LogP contribution in [0.2, 0.25) is 11.1 Å². The summed E-state index contributed by atoms with van der Waals surface area (Å²) in [5.41, 5.74) is 4.30. The lowest BCUT2D eigenvalue weighted by atomic mass is 9.99. The molecule has 3 heteroatoms. The van der Waals surface area contributed by atoms with E-state index in [2.05, 4.69) is 36.0 Å². The number of carbonyl (C=O) groups is 1. The third kappa shape index (κ3) is 3.92. The largest absolute Gasteiger partial charge is 0.478 e. The van der Waals surface area contributed by atoms with Crippen molar-refractivity contribution < 1.29 is 9.90 Å². The third-order valence-electron chi connectivity index (χ3n) is 6.63. The average molecular weight is 357 g/mol. The third-order valence-corrected chi connectivity index (χ3v) is 12.7. The Hall–Kier alpha value is -1.35. The second-order valence-corrected chi connectivity index (χ2v) is 12.5. The lowest BCUT2D eigenvalue weighted by Gasteiger charge is -2.46. The van der Waals surface area contributed by atoms with Gasteiger partial charge in [0, 0.05) is 5.57 Å². The van der Waals surface area contributed by atoms with Crippen molar-refractivity contribution in [3.8, 4) is 0 Å². The standard InChI is InChI=1S/C22H32O2Si/c1-18(22(23)24)17-25(19-11-5-2-6-12-19,20-13-7-3-8-14-20)21-15-9-4-10-16-21/h2,5-6,11-12,17,20-21H,3-4,7-10,13-16H2,1H3,(H,23,24). The van der Waals surface area contributed by atoms with Gasteiger partial charge < -0.3 is 5.11 Å². The molecule has 2 aliphatic rings. The fourth-order valence-electron chi connectivity index (χ4n) is 5.43. The van der Waals surface area contributed by atoms with Crippen LogP contribution in [0, 0.1) is 0 Å². The fraction of sp³-hybridized carbons (Fsp3) is 0.591. The number of hydrogen-bond acceptors (Lipinski definition) is 1. The van der Waals surface area contributed by atoms with Crippen molar-refractivity contribution in [3.05, 3.63) is 41.6 Å². The Morgan fingerprint density at radius 3 is 1.84 bits per heavy atom. The molecule has 136 valence electrons. The number of carboxylic acid groups (broad SMARTS) is 1. The fourth-order valence-corrected chi connectivity index (χ4v) is 12.0. The van der Waals surface area contributed by atoms with Crippen molar-refractivity contribution in [1.29, 1.82) is 0 Å². The minimum atomic E-state index is -2.04. The van der Waals surface area contributed by atoms with Crippen LogP contribution >= 0.6 is 0 Å². The van der Waals surface area contributed by atoms with E-state index < -0.39 is 14.0 Å². The molecular weight excluding hydrogens is 324 g/mol. The summed E-state index contributed by atoms with van der Waals surface area (Å²) in [6.07, 6.45) is 13.1. The van der Waals surface area contributed by atoms with Gasteiger partial charge in [0.15, 0.2) is 0 Å². The lowest BCUT2D eigenvalue weighted by Crippen LogP contribution is -2.55. The second-order valence-electron chi connectivity index (χ2n) is 8.10. The summed E-state index contributed by atoms with van der Waals surface area (Å²) in [5, 5.41) is 11.1. The predicted octanol–water partition coefficient (Wildman–Crippen LogP) is 5.58. The molecule has 1 aromatic carbocycles. The molecule has 2 nitrogen and oxygen atoms in total. The van der Waals surface area contributed by atoms with Gasteiger partial charge >= 0.3 is 5.97 Å². The van der Waals surface area contributed by atoms with Crippen molar-refractivity contribution in [2.45, 2.75) is 82.2 Å². The van der Waals surface area contributed by atoms with Gasteiger partial charge in [-0.3, -0.25) is 0 Å². The Bertz CT molecular complexity index is 578. The first-order valence-electron chi connectivity index (χ1n) is 10.1. The Labute approximate surface area is 153 Å². The van der Waals surface area contributed by atoms with Gasteiger partial charge in [-0.05, 0) is 18.0 Å². The molecule has 0 amide bonds. The number of carboxylic acids is 1. The van der Waals surface area contributed by atoms with Crippen molar-refractivity contribution in [2.75, 3.05) is 0 Å². The van der Waals surface area contributed by atoms with Crippen LogP contribution in [-0.2, 0) is 4.79 Å². The number of benzene rings is 1. The highest BCUT2D eigenvalue weighted by Gasteiger charge is 2.47. The van der Waals surface area contributed by atoms with Crippen molar-refractivity contribution >= 4 is 19.2 Å². The topological polar surface area (TPSA) is 37.3 Å². The van der Waals surface area contributed by atoms with E-state index in [4.69, 9.17) is 0 Å². The van der Waals surface area contributed by atoms with E-state index in [1.807, 2.05) is 6.92 Å². The van der Waals surface area contributed by atoms with Gasteiger partial charge in [-0.15, -0.1) is 0 Å². The summed E-state index contributed by atoms with van der Waals surface area (Å²) >= 11 is 0. The molecule has 2 aliphatic carbocycles. The van der Waals surface area contributed by atoms with Crippen LogP contribution in [-0.4, -0.2) is 19.1 Å². The zero-order valence-corrected chi connectivity index (χ0v) is 16.5. The van der Waals surface area contributed by atoms with Crippen LogP contribution in [0.15, 0.2) is 41.6 Å². The molecule has 0 aliphatic heterocycles. The van der Waals surface area contributed by atoms with Crippen LogP contribution in [0.5, 0.6) is 0 Å². The predicted molar refractivity (Wildman–Crippen MR) is 107 cm³/mol. The Kier molecular flexibility index (Phi) is 6.16. The summed E-state index contributed by atoms with van der Waals surface area (Å²) in [6, 6.07) is 11.0. The Morgan fingerprint density at radius 1 is 0.920 bits per heavy atom. The monoisotopic (exact) mass is 356 g/mol. The molecule has 0 radical (unpaired) electrons. The zero-order chi connectivity index (χ0) is 17.7. The first-order chi connectivity index (χ1) is 12.1. The first kappa shape index (κ1) is 18.4. The van der Waals surface area contributed by atoms with Gasteiger partial charge in [-0.2, -0.15) is 0 Å². The Balaban J connectivity index is 2.14. The van der Waals surface area contributed by atoms with Crippen molar-refractivity contribution in [2.24, 2.45) is 0 Å². The maximum Gasteiger partial charge on any atom is 0.330 e. The van der Waals surface area contributed by atoms with Gasteiger partial charge in [-0.25, -0.2) is 4.79 Å². The highest BCUT2D eigenvalue weighted by atomic mass is 28.3. The van der Waals surface area contributed by atoms with Crippen LogP contribution in [0.1, 0.15) is 71.1 Å². The summed E-state index contributed by atoms with van der Waals surface area (Å²) < 4.78 is 0. The van der Waals surface area contributed by atoms with Gasteiger partial charge in [0.05, 0.1) is 0 Å². The molecule has 0 bridgehead atoms. The molecule has 1 aromatic rings. The molecular formula is C22H32O2Si. The van der Waals surface area contributed by atoms with E-state index in [0.29, 0.717) is 16.7 Å². The SMILES string of the molecule is CC(=C[Si](c1ccccc1)(C1CCCCC1)C1CCCCC1)C(=O)O. The molecule has 3 rings (SSSR count). The molecule has 25 heavy (non-hydrogen) atoms. The van der Waals surface area contributed by atoms with E-state index in [1.165, 1.54) is 69.4 Å². The summed E-state index contributed by atoms with van der Waals surface area (Å²) in [7, 11) is -2.04. The summed E-state index contributed by atoms with van der Waals surface area (Å²) in [4.78, 5) is 11.7. The van der Waals surface area contributed by atoms with Gasteiger partial charge in [0.2, 0.25) is 0 Å². The molecule has 2 saturated carbocycles. The minimum Gasteiger partial charge on any atom is -0.478 e. The van der Waals surface area contributed by atoms with Crippen LogP contribution in [0.25, 0.3) is 0 Å². The van der Waals surface area contributed by atoms with Crippen LogP contribution < -0.4 is 5.19 Å². The van der Waals surface area contributed by atoms with E-state index in [9.17, 15) is 9.90 Å². The van der Waals surface area contributed by atoms with Gasteiger partial charge in [0.1, 0.15) is 8.07 Å². The van der Waals surface area contributed by atoms with Gasteiger partial charge in [-0.1, -0.05) is 105 Å². The normalized spacial score (nSPS) is 21.2. The quantitative estimate of drug-likeness (QED) is 0.552. The first-order valence-corrected chi connectivity index (χ1v) is 12.4. The van der Waals surface area contributed by atoms with Gasteiger partial charge in [0.25, 0.3) is 0 Å². The smallest absolute Gasteiger partial charge is 0.330 e. The molecule has 2 fully saturated rings. The highest BCUT2D eigenvalue weighted by molar-refractivity contribution is 6.98. The molecule has 0 saturated heterocycles. The maximum atomic E-state index is 11.7. The molecule has 0 atom stereocenters. The number of hydrogen-bond donors (Lipinski definition) is 1. The summed E-state index contributed by atoms with van der Waals surface area (Å²) in [5.74, 6) is -0.737. The van der Waals surface area contributed by atoms with E-state index in [-0.39, 0.29) is 0 Å². The molecule has 0 spiro atoms. The Morgan fingerprint density at radius 2 is 1.40 bits per heavy atom. The summed E-state index contributed by atoms with van der Waals surface area (Å²) in [6.45, 7) is 1.82. The minimum absolute atomic E-state index is 0.576. The molecule has 1 N–H and O–H groups in total. The highest BCUT2D eigenvalue weighted by Crippen LogP contribution is 2.49. The second kappa shape index (κ2) is 8.35. The van der Waals surface area contributed by atoms with E-state index >= 15 is 0 Å². The van der Waals surface area contributed by atoms with Crippen molar-refractivity contribution in [3.63, 3.8) is 0 Å². The average Bonchev–Trinajstić information content (AvgIpc) is 2.68.